The van der Waals surface area contributed by atoms with Crippen LogP contribution in [0.25, 0.3) is 10.4 Å². The van der Waals surface area contributed by atoms with Crippen LogP contribution in [0.4, 0.5) is 11.4 Å². The fourth-order valence-electron chi connectivity index (χ4n) is 1.59. The van der Waals surface area contributed by atoms with Gasteiger partial charge in [-0.1, -0.05) is 16.7 Å². The largest absolute Gasteiger partial charge is 0.372 e. The second kappa shape index (κ2) is 5.27. The van der Waals surface area contributed by atoms with E-state index in [9.17, 15) is 0 Å². The lowest BCUT2D eigenvalue weighted by molar-refractivity contribution is 0.866. The van der Waals surface area contributed by atoms with Crippen molar-refractivity contribution in [3.63, 3.8) is 0 Å². The van der Waals surface area contributed by atoms with Crippen LogP contribution in [0, 0.1) is 6.92 Å². The van der Waals surface area contributed by atoms with Crippen molar-refractivity contribution < 1.29 is 0 Å². The van der Waals surface area contributed by atoms with Gasteiger partial charge in [-0.05, 0) is 38.4 Å². The Hall–Kier alpha value is -1.67. The van der Waals surface area contributed by atoms with Crippen molar-refractivity contribution in [1.29, 1.82) is 0 Å². The van der Waals surface area contributed by atoms with E-state index in [1.54, 1.807) is 0 Å². The summed E-state index contributed by atoms with van der Waals surface area (Å²) in [6.45, 7) is 7.98. The Morgan fingerprint density at radius 2 is 2.00 bits per heavy atom. The summed E-state index contributed by atoms with van der Waals surface area (Å²) in [6.07, 6.45) is 0. The molecule has 4 nitrogen and oxygen atoms in total. The maximum absolute atomic E-state index is 8.50. The Morgan fingerprint density at radius 3 is 2.53 bits per heavy atom. The predicted octanol–water partition coefficient (Wildman–Crippen LogP) is 3.78. The first-order valence-electron chi connectivity index (χ1n) is 5.13. The molecule has 0 amide bonds. The number of hydrogen-bond acceptors (Lipinski definition) is 2. The molecule has 1 aromatic rings. The first kappa shape index (κ1) is 11.4. The van der Waals surface area contributed by atoms with E-state index in [4.69, 9.17) is 5.53 Å². The SMILES string of the molecule is CCN(CC)c1ccc(C)cc1N=[N+]=[N-]. The van der Waals surface area contributed by atoms with Gasteiger partial charge in [-0.25, -0.2) is 0 Å². The number of anilines is 1. The Balaban J connectivity index is 3.20. The van der Waals surface area contributed by atoms with E-state index in [0.717, 1.165) is 24.3 Å². The Labute approximate surface area is 90.1 Å². The lowest BCUT2D eigenvalue weighted by atomic mass is 10.2. The molecule has 1 aromatic carbocycles. The van der Waals surface area contributed by atoms with Crippen molar-refractivity contribution in [2.24, 2.45) is 5.11 Å². The molecule has 1 rings (SSSR count). The van der Waals surface area contributed by atoms with Crippen molar-refractivity contribution in [3.05, 3.63) is 34.2 Å². The molecule has 0 unspecified atom stereocenters. The van der Waals surface area contributed by atoms with E-state index < -0.39 is 0 Å². The van der Waals surface area contributed by atoms with Gasteiger partial charge in [-0.15, -0.1) is 0 Å². The smallest absolute Gasteiger partial charge is 0.0611 e. The van der Waals surface area contributed by atoms with Gasteiger partial charge in [-0.2, -0.15) is 0 Å². The highest BCUT2D eigenvalue weighted by molar-refractivity contribution is 5.67. The summed E-state index contributed by atoms with van der Waals surface area (Å²) in [5.74, 6) is 0. The van der Waals surface area contributed by atoms with Gasteiger partial charge in [0.15, 0.2) is 0 Å². The second-order valence-electron chi connectivity index (χ2n) is 3.35. The molecule has 0 atom stereocenters. The number of aryl methyl sites for hydroxylation is 1. The number of nitrogens with zero attached hydrogens (tertiary/aromatic N) is 4. The zero-order chi connectivity index (χ0) is 11.3. The normalized spacial score (nSPS) is 9.53. The van der Waals surface area contributed by atoms with Gasteiger partial charge >= 0.3 is 0 Å². The predicted molar refractivity (Wildman–Crippen MR) is 63.5 cm³/mol. The van der Waals surface area contributed by atoms with Crippen LogP contribution in [0.15, 0.2) is 23.3 Å². The van der Waals surface area contributed by atoms with E-state index in [0.29, 0.717) is 5.69 Å². The van der Waals surface area contributed by atoms with Crippen LogP contribution in [0.2, 0.25) is 0 Å². The summed E-state index contributed by atoms with van der Waals surface area (Å²) >= 11 is 0. The summed E-state index contributed by atoms with van der Waals surface area (Å²) < 4.78 is 0. The topological polar surface area (TPSA) is 52.0 Å². The summed E-state index contributed by atoms with van der Waals surface area (Å²) in [5, 5.41) is 3.72. The molecule has 0 fully saturated rings. The molecule has 0 aliphatic heterocycles. The van der Waals surface area contributed by atoms with Crippen LogP contribution >= 0.6 is 0 Å². The molecule has 0 saturated carbocycles. The van der Waals surface area contributed by atoms with Crippen LogP contribution in [-0.2, 0) is 0 Å². The van der Waals surface area contributed by atoms with E-state index >= 15 is 0 Å². The number of rotatable bonds is 4. The van der Waals surface area contributed by atoms with E-state index in [1.807, 2.05) is 25.1 Å². The van der Waals surface area contributed by atoms with Gasteiger partial charge in [0.2, 0.25) is 0 Å². The van der Waals surface area contributed by atoms with E-state index in [-0.39, 0.29) is 0 Å². The highest BCUT2D eigenvalue weighted by Gasteiger charge is 2.06. The minimum Gasteiger partial charge on any atom is -0.372 e. The third kappa shape index (κ3) is 2.64. The van der Waals surface area contributed by atoms with Gasteiger partial charge in [0.1, 0.15) is 0 Å². The second-order valence-corrected chi connectivity index (χ2v) is 3.35. The summed E-state index contributed by atoms with van der Waals surface area (Å²) in [4.78, 5) is 5.03. The quantitative estimate of drug-likeness (QED) is 0.418. The average molecular weight is 204 g/mol. The van der Waals surface area contributed by atoms with Crippen LogP contribution in [0.5, 0.6) is 0 Å². The zero-order valence-electron chi connectivity index (χ0n) is 9.44. The molecule has 0 heterocycles. The molecule has 0 aliphatic rings. The van der Waals surface area contributed by atoms with Gasteiger partial charge in [-0.3, -0.25) is 0 Å². The third-order valence-electron chi connectivity index (χ3n) is 2.39. The fourth-order valence-corrected chi connectivity index (χ4v) is 1.59. The molecule has 0 aromatic heterocycles. The lowest BCUT2D eigenvalue weighted by Gasteiger charge is -2.22. The van der Waals surface area contributed by atoms with Crippen LogP contribution in [0.3, 0.4) is 0 Å². The third-order valence-corrected chi connectivity index (χ3v) is 2.39. The first-order valence-corrected chi connectivity index (χ1v) is 5.13. The highest BCUT2D eigenvalue weighted by atomic mass is 15.2. The Morgan fingerprint density at radius 1 is 1.33 bits per heavy atom. The van der Waals surface area contributed by atoms with Gasteiger partial charge in [0, 0.05) is 23.7 Å². The molecule has 0 saturated heterocycles. The Kier molecular flexibility index (Phi) is 4.01. The fraction of sp³-hybridized carbons (Fsp3) is 0.455. The molecular formula is C11H16N4. The standard InChI is InChI=1S/C11H16N4/c1-4-15(5-2)11-7-6-9(3)8-10(11)13-14-12/h6-8H,4-5H2,1-3H3. The molecule has 0 bridgehead atoms. The molecule has 0 aliphatic carbocycles. The van der Waals surface area contributed by atoms with Crippen molar-refractivity contribution in [3.8, 4) is 0 Å². The van der Waals surface area contributed by atoms with Gasteiger partial charge < -0.3 is 4.90 Å². The molecule has 0 radical (unpaired) electrons. The van der Waals surface area contributed by atoms with Crippen molar-refractivity contribution in [2.45, 2.75) is 20.8 Å². The van der Waals surface area contributed by atoms with Crippen molar-refractivity contribution in [2.75, 3.05) is 18.0 Å². The number of benzene rings is 1. The van der Waals surface area contributed by atoms with Crippen molar-refractivity contribution in [1.82, 2.24) is 0 Å². The van der Waals surface area contributed by atoms with Crippen molar-refractivity contribution >= 4 is 11.4 Å². The first-order chi connectivity index (χ1) is 7.22. The summed E-state index contributed by atoms with van der Waals surface area (Å²) in [5.41, 5.74) is 11.3. The van der Waals surface area contributed by atoms with E-state index in [2.05, 4.69) is 28.8 Å². The molecule has 0 spiro atoms. The summed E-state index contributed by atoms with van der Waals surface area (Å²) in [6, 6.07) is 5.95. The minimum absolute atomic E-state index is 0.709. The molecular weight excluding hydrogens is 188 g/mol. The summed E-state index contributed by atoms with van der Waals surface area (Å²) in [7, 11) is 0. The number of azide groups is 1. The average Bonchev–Trinajstić information content (AvgIpc) is 2.23. The lowest BCUT2D eigenvalue weighted by Crippen LogP contribution is -2.21. The molecule has 4 heteroatoms. The van der Waals surface area contributed by atoms with Crippen LogP contribution in [0.1, 0.15) is 19.4 Å². The van der Waals surface area contributed by atoms with Crippen LogP contribution in [-0.4, -0.2) is 13.1 Å². The van der Waals surface area contributed by atoms with Gasteiger partial charge in [0.05, 0.1) is 5.69 Å². The molecule has 0 N–H and O–H groups in total. The maximum atomic E-state index is 8.50. The Bertz CT molecular complexity index is 376. The monoisotopic (exact) mass is 204 g/mol. The highest BCUT2D eigenvalue weighted by Crippen LogP contribution is 2.29. The molecule has 80 valence electrons. The van der Waals surface area contributed by atoms with Crippen LogP contribution < -0.4 is 4.90 Å². The van der Waals surface area contributed by atoms with E-state index in [1.165, 1.54) is 0 Å². The number of hydrogen-bond donors (Lipinski definition) is 0. The zero-order valence-corrected chi connectivity index (χ0v) is 9.44. The molecule has 15 heavy (non-hydrogen) atoms. The van der Waals surface area contributed by atoms with Gasteiger partial charge in [0.25, 0.3) is 0 Å². The maximum Gasteiger partial charge on any atom is 0.0611 e. The minimum atomic E-state index is 0.709.